The number of ketones is 1. The minimum atomic E-state index is -0.133. The number of amides is 1. The molecule has 0 aliphatic carbocycles. The molecule has 1 amide bonds. The number of hydrogen-bond donors (Lipinski definition) is 0. The molecule has 0 aliphatic heterocycles. The predicted octanol–water partition coefficient (Wildman–Crippen LogP) is -0.320. The third-order valence-electron chi connectivity index (χ3n) is 1.03. The van der Waals surface area contributed by atoms with Gasteiger partial charge in [-0.3, -0.25) is 9.59 Å². The van der Waals surface area contributed by atoms with Crippen LogP contribution in [-0.2, 0) is 14.3 Å². The number of likely N-dealkylation sites (N-methyl/N-ethyl adjacent to an activating group) is 1. The van der Waals surface area contributed by atoms with E-state index in [9.17, 15) is 9.59 Å². The summed E-state index contributed by atoms with van der Waals surface area (Å²) in [5.74, 6) is -0.206. The molecule has 11 heavy (non-hydrogen) atoms. The van der Waals surface area contributed by atoms with Crippen LogP contribution in [0.1, 0.15) is 6.92 Å². The standard InChI is InChI=1S/C7H13NO3/c1-6(9)4-11-5-7(10)8(2)3/h4-5H2,1-3H3. The lowest BCUT2D eigenvalue weighted by atomic mass is 10.5. The van der Waals surface area contributed by atoms with Crippen molar-refractivity contribution in [2.75, 3.05) is 27.3 Å². The fourth-order valence-electron chi connectivity index (χ4n) is 0.411. The lowest BCUT2D eigenvalue weighted by Gasteiger charge is -2.09. The predicted molar refractivity (Wildman–Crippen MR) is 40.2 cm³/mol. The SMILES string of the molecule is CC(=O)COCC(=O)N(C)C. The van der Waals surface area contributed by atoms with Crippen molar-refractivity contribution in [3.05, 3.63) is 0 Å². The summed E-state index contributed by atoms with van der Waals surface area (Å²) >= 11 is 0. The van der Waals surface area contributed by atoms with Gasteiger partial charge in [-0.05, 0) is 6.92 Å². The third-order valence-corrected chi connectivity index (χ3v) is 1.03. The fourth-order valence-corrected chi connectivity index (χ4v) is 0.411. The van der Waals surface area contributed by atoms with Gasteiger partial charge in [0.25, 0.3) is 0 Å². The van der Waals surface area contributed by atoms with E-state index in [4.69, 9.17) is 4.74 Å². The number of nitrogens with zero attached hydrogens (tertiary/aromatic N) is 1. The molecule has 0 N–H and O–H groups in total. The van der Waals surface area contributed by atoms with Crippen molar-refractivity contribution < 1.29 is 14.3 Å². The minimum Gasteiger partial charge on any atom is -0.364 e. The van der Waals surface area contributed by atoms with Gasteiger partial charge in [-0.2, -0.15) is 0 Å². The van der Waals surface area contributed by atoms with Gasteiger partial charge in [0.05, 0.1) is 0 Å². The van der Waals surface area contributed by atoms with E-state index in [1.54, 1.807) is 14.1 Å². The number of rotatable bonds is 4. The molecule has 0 spiro atoms. The molecule has 0 saturated carbocycles. The highest BCUT2D eigenvalue weighted by atomic mass is 16.5. The number of Topliss-reactive ketones (excluding diaryl/α,β-unsaturated/α-hetero) is 1. The molecule has 0 rings (SSSR count). The van der Waals surface area contributed by atoms with Crippen LogP contribution >= 0.6 is 0 Å². The highest BCUT2D eigenvalue weighted by molar-refractivity contribution is 5.79. The largest absolute Gasteiger partial charge is 0.364 e. The van der Waals surface area contributed by atoms with E-state index in [1.807, 2.05) is 0 Å². The molecule has 0 fully saturated rings. The Kier molecular flexibility index (Phi) is 4.45. The third kappa shape index (κ3) is 5.54. The molecule has 0 aromatic carbocycles. The van der Waals surface area contributed by atoms with Crippen molar-refractivity contribution in [3.8, 4) is 0 Å². The summed E-state index contributed by atoms with van der Waals surface area (Å²) < 4.78 is 4.78. The Balaban J connectivity index is 3.39. The van der Waals surface area contributed by atoms with Gasteiger partial charge in [0.15, 0.2) is 5.78 Å². The van der Waals surface area contributed by atoms with Crippen molar-refractivity contribution in [3.63, 3.8) is 0 Å². The average molecular weight is 159 g/mol. The molecule has 0 heterocycles. The molecule has 0 aromatic rings. The van der Waals surface area contributed by atoms with E-state index in [-0.39, 0.29) is 24.9 Å². The van der Waals surface area contributed by atoms with Crippen LogP contribution in [0.2, 0.25) is 0 Å². The van der Waals surface area contributed by atoms with Crippen molar-refractivity contribution in [1.29, 1.82) is 0 Å². The highest BCUT2D eigenvalue weighted by Gasteiger charge is 2.03. The van der Waals surface area contributed by atoms with Gasteiger partial charge in [-0.15, -0.1) is 0 Å². The van der Waals surface area contributed by atoms with Crippen molar-refractivity contribution >= 4 is 11.7 Å². The van der Waals surface area contributed by atoms with Crippen LogP contribution in [-0.4, -0.2) is 43.9 Å². The quantitative estimate of drug-likeness (QED) is 0.564. The zero-order valence-electron chi connectivity index (χ0n) is 7.09. The maximum atomic E-state index is 10.8. The summed E-state index contributed by atoms with van der Waals surface area (Å²) in [6.45, 7) is 1.41. The molecule has 0 bridgehead atoms. The van der Waals surface area contributed by atoms with Crippen LogP contribution in [0.5, 0.6) is 0 Å². The maximum absolute atomic E-state index is 10.8. The van der Waals surface area contributed by atoms with E-state index in [0.29, 0.717) is 0 Å². The molecule has 0 saturated heterocycles. The molecule has 4 heteroatoms. The Bertz CT molecular complexity index is 154. The number of hydrogen-bond acceptors (Lipinski definition) is 3. The topological polar surface area (TPSA) is 46.6 Å². The Labute approximate surface area is 66.1 Å². The fraction of sp³-hybridized carbons (Fsp3) is 0.714. The van der Waals surface area contributed by atoms with Gasteiger partial charge in [0.2, 0.25) is 5.91 Å². The Morgan fingerprint density at radius 1 is 1.27 bits per heavy atom. The smallest absolute Gasteiger partial charge is 0.248 e. The van der Waals surface area contributed by atoms with E-state index in [1.165, 1.54) is 11.8 Å². The van der Waals surface area contributed by atoms with Crippen LogP contribution in [0.4, 0.5) is 0 Å². The van der Waals surface area contributed by atoms with Gasteiger partial charge >= 0.3 is 0 Å². The second-order valence-electron chi connectivity index (χ2n) is 2.48. The van der Waals surface area contributed by atoms with Crippen LogP contribution in [0, 0.1) is 0 Å². The maximum Gasteiger partial charge on any atom is 0.248 e. The van der Waals surface area contributed by atoms with E-state index < -0.39 is 0 Å². The Morgan fingerprint density at radius 3 is 2.18 bits per heavy atom. The minimum absolute atomic E-state index is 0.0135. The zero-order valence-corrected chi connectivity index (χ0v) is 7.09. The summed E-state index contributed by atoms with van der Waals surface area (Å²) in [6.07, 6.45) is 0. The van der Waals surface area contributed by atoms with Crippen LogP contribution in [0.25, 0.3) is 0 Å². The van der Waals surface area contributed by atoms with Gasteiger partial charge in [0, 0.05) is 14.1 Å². The Hall–Kier alpha value is -0.900. The lowest BCUT2D eigenvalue weighted by molar-refractivity contribution is -0.135. The first-order valence-electron chi connectivity index (χ1n) is 3.31. The van der Waals surface area contributed by atoms with E-state index in [0.717, 1.165) is 0 Å². The van der Waals surface area contributed by atoms with Gasteiger partial charge in [0.1, 0.15) is 13.2 Å². The second kappa shape index (κ2) is 4.85. The van der Waals surface area contributed by atoms with Crippen molar-refractivity contribution in [2.45, 2.75) is 6.92 Å². The average Bonchev–Trinajstić information content (AvgIpc) is 1.86. The zero-order chi connectivity index (χ0) is 8.85. The highest BCUT2D eigenvalue weighted by Crippen LogP contribution is 1.81. The first-order chi connectivity index (χ1) is 5.04. The van der Waals surface area contributed by atoms with Crippen molar-refractivity contribution in [2.24, 2.45) is 0 Å². The number of carbonyl (C=O) groups excluding carboxylic acids is 2. The molecule has 64 valence electrons. The van der Waals surface area contributed by atoms with Gasteiger partial charge in [-0.25, -0.2) is 0 Å². The van der Waals surface area contributed by atoms with E-state index >= 15 is 0 Å². The van der Waals surface area contributed by atoms with Crippen molar-refractivity contribution in [1.82, 2.24) is 4.90 Å². The summed E-state index contributed by atoms with van der Waals surface area (Å²) in [4.78, 5) is 22.6. The van der Waals surface area contributed by atoms with Crippen LogP contribution in [0.3, 0.4) is 0 Å². The molecular formula is C7H13NO3. The molecule has 0 atom stereocenters. The first kappa shape index (κ1) is 10.1. The molecule has 0 aromatic heterocycles. The molecular weight excluding hydrogens is 146 g/mol. The normalized spacial score (nSPS) is 9.36. The molecule has 0 radical (unpaired) electrons. The summed E-state index contributed by atoms with van der Waals surface area (Å²) in [7, 11) is 3.28. The van der Waals surface area contributed by atoms with Gasteiger partial charge < -0.3 is 9.64 Å². The monoisotopic (exact) mass is 159 g/mol. The van der Waals surface area contributed by atoms with Crippen LogP contribution in [0.15, 0.2) is 0 Å². The summed E-state index contributed by atoms with van der Waals surface area (Å²) in [6, 6.07) is 0. The molecule has 0 unspecified atom stereocenters. The van der Waals surface area contributed by atoms with Crippen LogP contribution < -0.4 is 0 Å². The summed E-state index contributed by atoms with van der Waals surface area (Å²) in [5.41, 5.74) is 0. The van der Waals surface area contributed by atoms with E-state index in [2.05, 4.69) is 0 Å². The first-order valence-corrected chi connectivity index (χ1v) is 3.31. The van der Waals surface area contributed by atoms with Gasteiger partial charge in [-0.1, -0.05) is 0 Å². The number of ether oxygens (including phenoxy) is 1. The number of carbonyl (C=O) groups is 2. The molecule has 4 nitrogen and oxygen atoms in total. The second-order valence-corrected chi connectivity index (χ2v) is 2.48. The summed E-state index contributed by atoms with van der Waals surface area (Å²) in [5, 5.41) is 0. The Morgan fingerprint density at radius 2 is 1.82 bits per heavy atom. The lowest BCUT2D eigenvalue weighted by Crippen LogP contribution is -2.27. The molecule has 0 aliphatic rings.